The Morgan fingerprint density at radius 3 is 2.65 bits per heavy atom. The molecule has 1 aliphatic rings. The predicted octanol–water partition coefficient (Wildman–Crippen LogP) is 2.57. The van der Waals surface area contributed by atoms with Gasteiger partial charge in [-0.3, -0.25) is 9.69 Å². The Labute approximate surface area is 120 Å². The minimum absolute atomic E-state index is 0.215. The fraction of sp³-hybridized carbons (Fsp3) is 0.562. The van der Waals surface area contributed by atoms with Crippen molar-refractivity contribution in [1.82, 2.24) is 4.90 Å². The van der Waals surface area contributed by atoms with Crippen LogP contribution in [0.25, 0.3) is 0 Å². The Kier molecular flexibility index (Phi) is 4.33. The molecule has 4 nitrogen and oxygen atoms in total. The van der Waals surface area contributed by atoms with Gasteiger partial charge in [0.15, 0.2) is 0 Å². The van der Waals surface area contributed by atoms with E-state index in [1.807, 2.05) is 31.2 Å². The Balaban J connectivity index is 2.07. The summed E-state index contributed by atoms with van der Waals surface area (Å²) in [5.41, 5.74) is 0.490. The SMILES string of the molecule is COc1ccc(CC(C)N2CCCC2(C)C(=O)O)cc1. The molecule has 1 N–H and O–H groups in total. The monoisotopic (exact) mass is 277 g/mol. The van der Waals surface area contributed by atoms with Crippen molar-refractivity contribution < 1.29 is 14.6 Å². The molecule has 0 saturated carbocycles. The fourth-order valence-electron chi connectivity index (χ4n) is 3.13. The minimum atomic E-state index is -0.716. The molecule has 2 unspecified atom stereocenters. The van der Waals surface area contributed by atoms with E-state index in [1.165, 1.54) is 5.56 Å². The van der Waals surface area contributed by atoms with Crippen molar-refractivity contribution in [2.75, 3.05) is 13.7 Å². The Morgan fingerprint density at radius 2 is 2.10 bits per heavy atom. The molecule has 1 aromatic rings. The number of aliphatic carboxylic acids is 1. The van der Waals surface area contributed by atoms with Crippen LogP contribution in [-0.2, 0) is 11.2 Å². The van der Waals surface area contributed by atoms with Crippen LogP contribution in [0.2, 0.25) is 0 Å². The number of methoxy groups -OCH3 is 1. The molecule has 0 radical (unpaired) electrons. The second-order valence-electron chi connectivity index (χ2n) is 5.78. The van der Waals surface area contributed by atoms with Crippen molar-refractivity contribution in [3.8, 4) is 5.75 Å². The number of carboxylic acids is 1. The van der Waals surface area contributed by atoms with Crippen molar-refractivity contribution in [3.05, 3.63) is 29.8 Å². The predicted molar refractivity (Wildman–Crippen MR) is 78.1 cm³/mol. The van der Waals surface area contributed by atoms with Crippen molar-refractivity contribution in [1.29, 1.82) is 0 Å². The summed E-state index contributed by atoms with van der Waals surface area (Å²) < 4.78 is 5.15. The molecule has 4 heteroatoms. The molecule has 2 atom stereocenters. The third kappa shape index (κ3) is 2.80. The number of carboxylic acid groups (broad SMARTS) is 1. The van der Waals surface area contributed by atoms with Gasteiger partial charge in [-0.05, 0) is 57.4 Å². The van der Waals surface area contributed by atoms with Crippen LogP contribution >= 0.6 is 0 Å². The van der Waals surface area contributed by atoms with Gasteiger partial charge in [0.25, 0.3) is 0 Å². The maximum atomic E-state index is 11.5. The lowest BCUT2D eigenvalue weighted by atomic mass is 9.96. The molecular formula is C16H23NO3. The summed E-state index contributed by atoms with van der Waals surface area (Å²) >= 11 is 0. The summed E-state index contributed by atoms with van der Waals surface area (Å²) in [6.45, 7) is 4.81. The number of likely N-dealkylation sites (tertiary alicyclic amines) is 1. The quantitative estimate of drug-likeness (QED) is 0.898. The summed E-state index contributed by atoms with van der Waals surface area (Å²) in [4.78, 5) is 13.6. The van der Waals surface area contributed by atoms with E-state index in [4.69, 9.17) is 4.74 Å². The lowest BCUT2D eigenvalue weighted by Gasteiger charge is -2.36. The molecule has 1 heterocycles. The summed E-state index contributed by atoms with van der Waals surface area (Å²) in [6.07, 6.45) is 2.54. The van der Waals surface area contributed by atoms with E-state index in [-0.39, 0.29) is 6.04 Å². The molecule has 1 fully saturated rings. The molecule has 110 valence electrons. The number of hydrogen-bond donors (Lipinski definition) is 1. The van der Waals surface area contributed by atoms with Gasteiger partial charge in [-0.15, -0.1) is 0 Å². The highest BCUT2D eigenvalue weighted by molar-refractivity contribution is 5.78. The van der Waals surface area contributed by atoms with Crippen LogP contribution < -0.4 is 4.74 Å². The number of rotatable bonds is 5. The highest BCUT2D eigenvalue weighted by atomic mass is 16.5. The average molecular weight is 277 g/mol. The van der Waals surface area contributed by atoms with E-state index >= 15 is 0 Å². The molecule has 1 saturated heterocycles. The van der Waals surface area contributed by atoms with Gasteiger partial charge in [0.1, 0.15) is 11.3 Å². The molecule has 0 amide bonds. The van der Waals surface area contributed by atoms with Crippen LogP contribution in [0.3, 0.4) is 0 Å². The molecule has 0 aliphatic carbocycles. The molecule has 20 heavy (non-hydrogen) atoms. The third-order valence-electron chi connectivity index (χ3n) is 4.38. The Bertz CT molecular complexity index is 471. The maximum Gasteiger partial charge on any atom is 0.323 e. The van der Waals surface area contributed by atoms with Gasteiger partial charge < -0.3 is 9.84 Å². The number of hydrogen-bond acceptors (Lipinski definition) is 3. The first-order chi connectivity index (χ1) is 9.47. The van der Waals surface area contributed by atoms with Gasteiger partial charge in [-0.25, -0.2) is 0 Å². The van der Waals surface area contributed by atoms with E-state index in [2.05, 4.69) is 11.8 Å². The molecule has 0 aromatic heterocycles. The van der Waals surface area contributed by atoms with Gasteiger partial charge in [-0.2, -0.15) is 0 Å². The van der Waals surface area contributed by atoms with Crippen molar-refractivity contribution >= 4 is 5.97 Å². The van der Waals surface area contributed by atoms with E-state index in [0.717, 1.165) is 31.6 Å². The lowest BCUT2D eigenvalue weighted by Crippen LogP contribution is -2.52. The standard InChI is InChI=1S/C16H23NO3/c1-12(11-13-5-7-14(20-3)8-6-13)17-10-4-9-16(17,2)15(18)19/h5-8,12H,4,9-11H2,1-3H3,(H,18,19). The topological polar surface area (TPSA) is 49.8 Å². The van der Waals surface area contributed by atoms with Gasteiger partial charge >= 0.3 is 5.97 Å². The van der Waals surface area contributed by atoms with Crippen molar-refractivity contribution in [2.24, 2.45) is 0 Å². The summed E-state index contributed by atoms with van der Waals surface area (Å²) in [7, 11) is 1.65. The molecule has 1 aromatic carbocycles. The molecule has 2 rings (SSSR count). The van der Waals surface area contributed by atoms with Gasteiger partial charge in [-0.1, -0.05) is 12.1 Å². The Morgan fingerprint density at radius 1 is 1.45 bits per heavy atom. The first-order valence-corrected chi connectivity index (χ1v) is 7.10. The number of ether oxygens (including phenoxy) is 1. The van der Waals surface area contributed by atoms with E-state index in [1.54, 1.807) is 7.11 Å². The maximum absolute atomic E-state index is 11.5. The van der Waals surface area contributed by atoms with Crippen LogP contribution in [0, 0.1) is 0 Å². The molecule has 0 spiro atoms. The summed E-state index contributed by atoms with van der Waals surface area (Å²) in [5, 5.41) is 9.47. The van der Waals surface area contributed by atoms with Crippen LogP contribution in [0.4, 0.5) is 0 Å². The average Bonchev–Trinajstić information content (AvgIpc) is 2.83. The van der Waals surface area contributed by atoms with Crippen LogP contribution in [0.1, 0.15) is 32.3 Å². The highest BCUT2D eigenvalue weighted by Gasteiger charge is 2.45. The fourth-order valence-corrected chi connectivity index (χ4v) is 3.13. The summed E-state index contributed by atoms with van der Waals surface area (Å²) in [5.74, 6) is 0.134. The second-order valence-corrected chi connectivity index (χ2v) is 5.78. The van der Waals surface area contributed by atoms with Crippen molar-refractivity contribution in [2.45, 2.75) is 44.7 Å². The zero-order valence-corrected chi connectivity index (χ0v) is 12.4. The molecular weight excluding hydrogens is 254 g/mol. The van der Waals surface area contributed by atoms with Crippen LogP contribution in [0.15, 0.2) is 24.3 Å². The van der Waals surface area contributed by atoms with E-state index in [0.29, 0.717) is 0 Å². The van der Waals surface area contributed by atoms with E-state index in [9.17, 15) is 9.90 Å². The smallest absolute Gasteiger partial charge is 0.323 e. The lowest BCUT2D eigenvalue weighted by molar-refractivity contribution is -0.149. The minimum Gasteiger partial charge on any atom is -0.497 e. The zero-order valence-electron chi connectivity index (χ0n) is 12.4. The number of carbonyl (C=O) groups is 1. The Hall–Kier alpha value is -1.55. The number of nitrogens with zero attached hydrogens (tertiary/aromatic N) is 1. The third-order valence-corrected chi connectivity index (χ3v) is 4.38. The molecule has 1 aliphatic heterocycles. The summed E-state index contributed by atoms with van der Waals surface area (Å²) in [6, 6.07) is 8.20. The zero-order chi connectivity index (χ0) is 14.8. The normalized spacial score (nSPS) is 24.6. The van der Waals surface area contributed by atoms with Gasteiger partial charge in [0.05, 0.1) is 7.11 Å². The first kappa shape index (κ1) is 14.9. The van der Waals surface area contributed by atoms with E-state index < -0.39 is 11.5 Å². The van der Waals surface area contributed by atoms with Gasteiger partial charge in [0, 0.05) is 6.04 Å². The highest BCUT2D eigenvalue weighted by Crippen LogP contribution is 2.32. The first-order valence-electron chi connectivity index (χ1n) is 7.10. The van der Waals surface area contributed by atoms with Crippen LogP contribution in [-0.4, -0.2) is 41.2 Å². The van der Waals surface area contributed by atoms with Crippen molar-refractivity contribution in [3.63, 3.8) is 0 Å². The molecule has 0 bridgehead atoms. The number of benzene rings is 1. The second kappa shape index (κ2) is 5.83. The van der Waals surface area contributed by atoms with Crippen LogP contribution in [0.5, 0.6) is 5.75 Å². The largest absolute Gasteiger partial charge is 0.497 e. The van der Waals surface area contributed by atoms with Gasteiger partial charge in [0.2, 0.25) is 0 Å².